The van der Waals surface area contributed by atoms with Gasteiger partial charge in [0.25, 0.3) is 0 Å². The van der Waals surface area contributed by atoms with Crippen LogP contribution in [0.2, 0.25) is 0 Å². The van der Waals surface area contributed by atoms with E-state index in [9.17, 15) is 21.6 Å². The molecule has 1 rings (SSSR count). The molecule has 0 amide bonds. The molecular formula is C11H17NO7S2. The molecule has 2 N–H and O–H groups in total. The van der Waals surface area contributed by atoms with Crippen LogP contribution in [0.5, 0.6) is 0 Å². The first kappa shape index (κ1) is 17.7. The number of furan rings is 1. The first-order chi connectivity index (χ1) is 9.52. The summed E-state index contributed by atoms with van der Waals surface area (Å²) in [4.78, 5) is 10.7. The van der Waals surface area contributed by atoms with E-state index in [2.05, 4.69) is 4.72 Å². The standard InChI is InChI=1S/C11H17NO7S2/c1-4-20(15,16)6-5-12-21(17,18)10-8(3)19-7(2)9(10)11(13)14/h12H,4-6H2,1-3H3,(H,13,14). The highest BCUT2D eigenvalue weighted by molar-refractivity contribution is 7.91. The van der Waals surface area contributed by atoms with Crippen molar-refractivity contribution < 1.29 is 31.2 Å². The second kappa shape index (κ2) is 6.16. The molecule has 0 atom stereocenters. The first-order valence-electron chi connectivity index (χ1n) is 6.05. The van der Waals surface area contributed by atoms with E-state index in [1.54, 1.807) is 0 Å². The molecule has 0 aromatic carbocycles. The quantitative estimate of drug-likeness (QED) is 0.730. The number of carboxylic acid groups (broad SMARTS) is 1. The average molecular weight is 339 g/mol. The number of carboxylic acids is 1. The van der Waals surface area contributed by atoms with Gasteiger partial charge in [0.05, 0.1) is 5.75 Å². The molecule has 0 aliphatic carbocycles. The largest absolute Gasteiger partial charge is 0.478 e. The summed E-state index contributed by atoms with van der Waals surface area (Å²) in [7, 11) is -7.49. The highest BCUT2D eigenvalue weighted by Crippen LogP contribution is 2.26. The molecule has 120 valence electrons. The molecule has 1 aromatic rings. The molecule has 1 heterocycles. The van der Waals surface area contributed by atoms with Gasteiger partial charge >= 0.3 is 5.97 Å². The van der Waals surface area contributed by atoms with Gasteiger partial charge in [-0.3, -0.25) is 0 Å². The van der Waals surface area contributed by atoms with Crippen molar-refractivity contribution in [3.63, 3.8) is 0 Å². The van der Waals surface area contributed by atoms with Crippen LogP contribution in [0.15, 0.2) is 9.31 Å². The summed E-state index contributed by atoms with van der Waals surface area (Å²) in [6, 6.07) is 0. The van der Waals surface area contributed by atoms with E-state index in [4.69, 9.17) is 9.52 Å². The molecule has 0 unspecified atom stereocenters. The first-order valence-corrected chi connectivity index (χ1v) is 9.35. The Morgan fingerprint density at radius 2 is 1.76 bits per heavy atom. The maximum atomic E-state index is 12.1. The number of sulfonamides is 1. The number of sulfone groups is 1. The molecule has 10 heteroatoms. The molecule has 0 spiro atoms. The van der Waals surface area contributed by atoms with E-state index in [1.807, 2.05) is 0 Å². The fourth-order valence-electron chi connectivity index (χ4n) is 1.78. The van der Waals surface area contributed by atoms with Crippen LogP contribution in [0, 0.1) is 13.8 Å². The van der Waals surface area contributed by atoms with Crippen LogP contribution in [-0.4, -0.2) is 46.0 Å². The maximum absolute atomic E-state index is 12.1. The summed E-state index contributed by atoms with van der Waals surface area (Å²) in [6.07, 6.45) is 0. The summed E-state index contributed by atoms with van der Waals surface area (Å²) >= 11 is 0. The zero-order valence-corrected chi connectivity index (χ0v) is 13.5. The van der Waals surface area contributed by atoms with E-state index >= 15 is 0 Å². The molecule has 0 radical (unpaired) electrons. The second-order valence-corrected chi connectivity index (χ2v) is 8.53. The van der Waals surface area contributed by atoms with Crippen LogP contribution in [0.4, 0.5) is 0 Å². The van der Waals surface area contributed by atoms with E-state index < -0.39 is 36.3 Å². The molecule has 0 aliphatic heterocycles. The van der Waals surface area contributed by atoms with Gasteiger partial charge in [-0.05, 0) is 13.8 Å². The lowest BCUT2D eigenvalue weighted by atomic mass is 10.2. The number of hydrogen-bond acceptors (Lipinski definition) is 6. The summed E-state index contributed by atoms with van der Waals surface area (Å²) < 4.78 is 54.0. The van der Waals surface area contributed by atoms with E-state index in [0.29, 0.717) is 0 Å². The normalized spacial score (nSPS) is 12.5. The predicted octanol–water partition coefficient (Wildman–Crippen LogP) is 0.308. The van der Waals surface area contributed by atoms with Gasteiger partial charge in [0, 0.05) is 12.3 Å². The molecule has 21 heavy (non-hydrogen) atoms. The minimum absolute atomic E-state index is 0.0263. The van der Waals surface area contributed by atoms with Gasteiger partial charge in [0.15, 0.2) is 9.84 Å². The van der Waals surface area contributed by atoms with Crippen LogP contribution >= 0.6 is 0 Å². The third kappa shape index (κ3) is 4.05. The van der Waals surface area contributed by atoms with Crippen LogP contribution < -0.4 is 4.72 Å². The maximum Gasteiger partial charge on any atom is 0.340 e. The molecule has 0 saturated carbocycles. The van der Waals surface area contributed by atoms with Gasteiger partial charge in [-0.25, -0.2) is 26.4 Å². The smallest absolute Gasteiger partial charge is 0.340 e. The van der Waals surface area contributed by atoms with Crippen molar-refractivity contribution in [2.75, 3.05) is 18.1 Å². The van der Waals surface area contributed by atoms with Crippen molar-refractivity contribution in [3.05, 3.63) is 17.1 Å². The van der Waals surface area contributed by atoms with Gasteiger partial charge in [-0.15, -0.1) is 0 Å². The Hall–Kier alpha value is -1.39. The van der Waals surface area contributed by atoms with E-state index in [1.165, 1.54) is 20.8 Å². The Bertz CT molecular complexity index is 744. The zero-order valence-electron chi connectivity index (χ0n) is 11.8. The third-order valence-electron chi connectivity index (χ3n) is 2.83. The summed E-state index contributed by atoms with van der Waals surface area (Å²) in [5, 5.41) is 9.07. The van der Waals surface area contributed by atoms with Crippen molar-refractivity contribution in [2.45, 2.75) is 25.7 Å². The monoisotopic (exact) mass is 339 g/mol. The highest BCUT2D eigenvalue weighted by atomic mass is 32.2. The average Bonchev–Trinajstić information content (AvgIpc) is 2.64. The number of nitrogens with one attached hydrogen (secondary N) is 1. The van der Waals surface area contributed by atoms with Gasteiger partial charge in [0.2, 0.25) is 10.0 Å². The fraction of sp³-hybridized carbons (Fsp3) is 0.545. The molecule has 1 aromatic heterocycles. The van der Waals surface area contributed by atoms with Crippen molar-refractivity contribution in [2.24, 2.45) is 0 Å². The van der Waals surface area contributed by atoms with Crippen molar-refractivity contribution in [3.8, 4) is 0 Å². The Labute approximate surface area is 123 Å². The van der Waals surface area contributed by atoms with Crippen molar-refractivity contribution in [1.82, 2.24) is 4.72 Å². The Morgan fingerprint density at radius 1 is 1.19 bits per heavy atom. The highest BCUT2D eigenvalue weighted by Gasteiger charge is 2.30. The Balaban J connectivity index is 3.07. The molecule has 0 bridgehead atoms. The minimum atomic E-state index is -4.17. The molecule has 8 nitrogen and oxygen atoms in total. The van der Waals surface area contributed by atoms with Crippen molar-refractivity contribution >= 4 is 25.8 Å². The summed E-state index contributed by atoms with van der Waals surface area (Å²) in [6.45, 7) is 3.80. The number of carbonyl (C=O) groups is 1. The second-order valence-electron chi connectivity index (χ2n) is 4.36. The van der Waals surface area contributed by atoms with E-state index in [-0.39, 0.29) is 29.6 Å². The van der Waals surface area contributed by atoms with E-state index in [0.717, 1.165) is 0 Å². The van der Waals surface area contributed by atoms with Crippen LogP contribution in [0.1, 0.15) is 28.8 Å². The number of rotatable bonds is 7. The Morgan fingerprint density at radius 3 is 2.24 bits per heavy atom. The lowest BCUT2D eigenvalue weighted by molar-refractivity contribution is 0.0691. The SMILES string of the molecule is CCS(=O)(=O)CCNS(=O)(=O)c1c(C)oc(C)c1C(=O)O. The van der Waals surface area contributed by atoms with Gasteiger partial charge in [-0.1, -0.05) is 6.92 Å². The summed E-state index contributed by atoms with van der Waals surface area (Å²) in [5.41, 5.74) is -0.446. The molecule has 0 aliphatic rings. The lowest BCUT2D eigenvalue weighted by Gasteiger charge is -2.07. The predicted molar refractivity (Wildman–Crippen MR) is 74.7 cm³/mol. The summed E-state index contributed by atoms with van der Waals surface area (Å²) in [5.74, 6) is -1.97. The minimum Gasteiger partial charge on any atom is -0.478 e. The number of hydrogen-bond donors (Lipinski definition) is 2. The van der Waals surface area contributed by atoms with Gasteiger partial charge in [-0.2, -0.15) is 0 Å². The molecular weight excluding hydrogens is 322 g/mol. The van der Waals surface area contributed by atoms with Gasteiger partial charge in [0.1, 0.15) is 22.0 Å². The topological polar surface area (TPSA) is 131 Å². The van der Waals surface area contributed by atoms with Crippen molar-refractivity contribution in [1.29, 1.82) is 0 Å². The molecule has 0 fully saturated rings. The zero-order chi connectivity index (χ0) is 16.4. The van der Waals surface area contributed by atoms with Crippen LogP contribution in [0.25, 0.3) is 0 Å². The van der Waals surface area contributed by atoms with Crippen LogP contribution in [0.3, 0.4) is 0 Å². The lowest BCUT2D eigenvalue weighted by Crippen LogP contribution is -2.30. The number of aryl methyl sites for hydroxylation is 2. The number of aromatic carboxylic acids is 1. The van der Waals surface area contributed by atoms with Crippen LogP contribution in [-0.2, 0) is 19.9 Å². The fourth-order valence-corrected chi connectivity index (χ4v) is 4.05. The third-order valence-corrected chi connectivity index (χ3v) is 6.15. The molecule has 0 saturated heterocycles. The Kier molecular flexibility index (Phi) is 5.18. The van der Waals surface area contributed by atoms with Gasteiger partial charge < -0.3 is 9.52 Å².